The van der Waals surface area contributed by atoms with E-state index in [2.05, 4.69) is 34.2 Å². The lowest BCUT2D eigenvalue weighted by Gasteiger charge is -2.20. The third-order valence-corrected chi connectivity index (χ3v) is 4.39. The van der Waals surface area contributed by atoms with Gasteiger partial charge in [-0.3, -0.25) is 0 Å². The van der Waals surface area contributed by atoms with Crippen LogP contribution < -0.4 is 16.0 Å². The third kappa shape index (κ3) is 7.64. The van der Waals surface area contributed by atoms with E-state index < -0.39 is 12.1 Å². The number of nitrogens with one attached hydrogen (secondary N) is 3. The molecule has 0 saturated heterocycles. The molecule has 0 aliphatic carbocycles. The zero-order valence-corrected chi connectivity index (χ0v) is 16.4. The fraction of sp³-hybridized carbons (Fsp3) is 0.286. The van der Waals surface area contributed by atoms with Gasteiger partial charge in [-0.1, -0.05) is 30.3 Å². The summed E-state index contributed by atoms with van der Waals surface area (Å²) in [6, 6.07) is 15.4. The van der Waals surface area contributed by atoms with Gasteiger partial charge in [0.05, 0.1) is 12.5 Å². The van der Waals surface area contributed by atoms with Gasteiger partial charge in [-0.2, -0.15) is 18.4 Å². The van der Waals surface area contributed by atoms with Gasteiger partial charge < -0.3 is 21.1 Å². The zero-order chi connectivity index (χ0) is 22.9. The summed E-state index contributed by atoms with van der Waals surface area (Å²) in [5.74, 6) is -2.76. The van der Waals surface area contributed by atoms with Gasteiger partial charge >= 0.3 is 18.2 Å². The predicted octanol–water partition coefficient (Wildman–Crippen LogP) is 3.35. The van der Waals surface area contributed by atoms with Crippen molar-refractivity contribution in [3.05, 3.63) is 64.7 Å². The Kier molecular flexibility index (Phi) is 8.40. The Labute approximate surface area is 176 Å². The molecule has 10 heteroatoms. The summed E-state index contributed by atoms with van der Waals surface area (Å²) in [5, 5.41) is 25.0. The first-order valence-corrected chi connectivity index (χ1v) is 9.32. The second kappa shape index (κ2) is 11.0. The number of nitrogens with zero attached hydrogens (tertiary/aromatic N) is 1. The molecule has 0 aromatic heterocycles. The van der Waals surface area contributed by atoms with Gasteiger partial charge in [-0.15, -0.1) is 0 Å². The number of hydrogen-bond acceptors (Lipinski definition) is 4. The molecule has 0 fully saturated rings. The SMILES string of the molecule is N#CCc1cccc(NC(=O)NCc2cccc3c2CCNC3)c1.O=C(O)C(F)(F)F. The Morgan fingerprint density at radius 3 is 2.58 bits per heavy atom. The van der Waals surface area contributed by atoms with Crippen LogP contribution in [0.4, 0.5) is 23.7 Å². The van der Waals surface area contributed by atoms with Gasteiger partial charge in [0.2, 0.25) is 0 Å². The summed E-state index contributed by atoms with van der Waals surface area (Å²) in [4.78, 5) is 21.0. The third-order valence-electron chi connectivity index (χ3n) is 4.39. The number of urea groups is 1. The molecule has 0 atom stereocenters. The molecule has 31 heavy (non-hydrogen) atoms. The quantitative estimate of drug-likeness (QED) is 0.589. The number of amides is 2. The highest BCUT2D eigenvalue weighted by Crippen LogP contribution is 2.18. The zero-order valence-electron chi connectivity index (χ0n) is 16.4. The van der Waals surface area contributed by atoms with Crippen molar-refractivity contribution in [3.63, 3.8) is 0 Å². The molecule has 0 radical (unpaired) electrons. The maximum absolute atomic E-state index is 12.1. The molecule has 4 N–H and O–H groups in total. The van der Waals surface area contributed by atoms with E-state index in [9.17, 15) is 18.0 Å². The maximum atomic E-state index is 12.1. The number of fused-ring (bicyclic) bond motifs is 1. The summed E-state index contributed by atoms with van der Waals surface area (Å²) in [6.45, 7) is 2.37. The number of nitriles is 1. The molecule has 2 aromatic carbocycles. The molecule has 1 heterocycles. The van der Waals surface area contributed by atoms with E-state index >= 15 is 0 Å². The number of anilines is 1. The molecule has 1 aliphatic heterocycles. The van der Waals surface area contributed by atoms with Crippen molar-refractivity contribution in [2.24, 2.45) is 0 Å². The van der Waals surface area contributed by atoms with Gasteiger partial charge in [0, 0.05) is 18.8 Å². The van der Waals surface area contributed by atoms with Crippen molar-refractivity contribution in [1.29, 1.82) is 5.26 Å². The Bertz CT molecular complexity index is 971. The smallest absolute Gasteiger partial charge is 0.475 e. The molecule has 0 unspecified atom stereocenters. The molecular formula is C21H21F3N4O3. The van der Waals surface area contributed by atoms with Crippen molar-refractivity contribution in [2.45, 2.75) is 32.1 Å². The van der Waals surface area contributed by atoms with Crippen molar-refractivity contribution >= 4 is 17.7 Å². The van der Waals surface area contributed by atoms with Crippen LogP contribution in [0.2, 0.25) is 0 Å². The van der Waals surface area contributed by atoms with Crippen LogP contribution >= 0.6 is 0 Å². The Morgan fingerprint density at radius 1 is 1.19 bits per heavy atom. The van der Waals surface area contributed by atoms with E-state index in [1.54, 1.807) is 0 Å². The molecule has 2 aromatic rings. The number of carboxylic acids is 1. The lowest BCUT2D eigenvalue weighted by Crippen LogP contribution is -2.30. The van der Waals surface area contributed by atoms with E-state index in [1.165, 1.54) is 16.7 Å². The van der Waals surface area contributed by atoms with Crippen LogP contribution in [0.5, 0.6) is 0 Å². The van der Waals surface area contributed by atoms with Crippen molar-refractivity contribution in [3.8, 4) is 6.07 Å². The number of halogens is 3. The summed E-state index contributed by atoms with van der Waals surface area (Å²) in [7, 11) is 0. The molecule has 0 bridgehead atoms. The summed E-state index contributed by atoms with van der Waals surface area (Å²) in [5.41, 5.74) is 5.40. The van der Waals surface area contributed by atoms with Crippen molar-refractivity contribution < 1.29 is 27.9 Å². The summed E-state index contributed by atoms with van der Waals surface area (Å²) in [6.07, 6.45) is -3.76. The second-order valence-electron chi connectivity index (χ2n) is 6.63. The number of hydrogen-bond donors (Lipinski definition) is 4. The highest BCUT2D eigenvalue weighted by Gasteiger charge is 2.38. The van der Waals surface area contributed by atoms with E-state index in [-0.39, 0.29) is 6.03 Å². The summed E-state index contributed by atoms with van der Waals surface area (Å²) >= 11 is 0. The number of benzene rings is 2. The number of carboxylic acid groups (broad SMARTS) is 1. The first-order valence-electron chi connectivity index (χ1n) is 9.32. The van der Waals surface area contributed by atoms with Crippen molar-refractivity contribution in [1.82, 2.24) is 10.6 Å². The molecule has 1 aliphatic rings. The van der Waals surface area contributed by atoms with Crippen LogP contribution in [-0.4, -0.2) is 29.8 Å². The van der Waals surface area contributed by atoms with Crippen LogP contribution in [0, 0.1) is 11.3 Å². The van der Waals surface area contributed by atoms with Crippen LogP contribution in [-0.2, 0) is 30.7 Å². The molecule has 0 spiro atoms. The average molecular weight is 434 g/mol. The van der Waals surface area contributed by atoms with Gasteiger partial charge in [0.15, 0.2) is 0 Å². The standard InChI is InChI=1S/C19H20N4O.C2HF3O2/c20-9-7-14-3-1-6-17(11-14)23-19(24)22-13-16-5-2-4-15-12-21-10-8-18(15)16;3-2(4,5)1(6)7/h1-6,11,21H,7-8,10,12-13H2,(H2,22,23,24);(H,6,7). The average Bonchev–Trinajstić information content (AvgIpc) is 2.72. The van der Waals surface area contributed by atoms with Crippen LogP contribution in [0.1, 0.15) is 22.3 Å². The number of alkyl halides is 3. The lowest BCUT2D eigenvalue weighted by molar-refractivity contribution is -0.192. The lowest BCUT2D eigenvalue weighted by atomic mass is 9.95. The van der Waals surface area contributed by atoms with Gasteiger partial charge in [0.25, 0.3) is 0 Å². The molecule has 7 nitrogen and oxygen atoms in total. The van der Waals surface area contributed by atoms with E-state index in [1.807, 2.05) is 30.3 Å². The van der Waals surface area contributed by atoms with E-state index in [0.717, 1.165) is 25.1 Å². The van der Waals surface area contributed by atoms with Crippen LogP contribution in [0.3, 0.4) is 0 Å². The maximum Gasteiger partial charge on any atom is 0.490 e. The molecular weight excluding hydrogens is 413 g/mol. The Hall–Kier alpha value is -3.58. The number of rotatable bonds is 4. The molecule has 0 saturated carbocycles. The number of carbonyl (C=O) groups excluding carboxylic acids is 1. The second-order valence-corrected chi connectivity index (χ2v) is 6.63. The Balaban J connectivity index is 0.000000423. The predicted molar refractivity (Wildman–Crippen MR) is 107 cm³/mol. The van der Waals surface area contributed by atoms with Crippen LogP contribution in [0.25, 0.3) is 0 Å². The molecule has 164 valence electrons. The number of carbonyl (C=O) groups is 2. The van der Waals surface area contributed by atoms with E-state index in [0.29, 0.717) is 18.7 Å². The van der Waals surface area contributed by atoms with E-state index in [4.69, 9.17) is 15.2 Å². The first kappa shape index (κ1) is 23.7. The Morgan fingerprint density at radius 2 is 1.90 bits per heavy atom. The van der Waals surface area contributed by atoms with Crippen molar-refractivity contribution in [2.75, 3.05) is 11.9 Å². The van der Waals surface area contributed by atoms with Gasteiger partial charge in [-0.25, -0.2) is 9.59 Å². The monoisotopic (exact) mass is 434 g/mol. The largest absolute Gasteiger partial charge is 0.490 e. The molecule has 3 rings (SSSR count). The minimum atomic E-state index is -5.08. The highest BCUT2D eigenvalue weighted by atomic mass is 19.4. The fourth-order valence-corrected chi connectivity index (χ4v) is 2.98. The molecule has 2 amide bonds. The van der Waals surface area contributed by atoms with Gasteiger partial charge in [0.1, 0.15) is 0 Å². The number of aliphatic carboxylic acids is 1. The fourth-order valence-electron chi connectivity index (χ4n) is 2.98. The van der Waals surface area contributed by atoms with Gasteiger partial charge in [-0.05, 0) is 47.4 Å². The first-order chi connectivity index (χ1) is 14.7. The highest BCUT2D eigenvalue weighted by molar-refractivity contribution is 5.89. The minimum Gasteiger partial charge on any atom is -0.475 e. The summed E-state index contributed by atoms with van der Waals surface area (Å²) < 4.78 is 31.7. The minimum absolute atomic E-state index is 0.240. The van der Waals surface area contributed by atoms with Crippen LogP contribution in [0.15, 0.2) is 42.5 Å². The normalized spacial score (nSPS) is 12.5. The topological polar surface area (TPSA) is 114 Å².